The maximum atomic E-state index is 12.1. The van der Waals surface area contributed by atoms with E-state index in [0.29, 0.717) is 5.69 Å². The van der Waals surface area contributed by atoms with Crippen LogP contribution in [0, 0.1) is 10.1 Å². The summed E-state index contributed by atoms with van der Waals surface area (Å²) in [6.45, 7) is 0. The maximum Gasteiger partial charge on any atom is 0.296 e. The molecule has 0 amide bonds. The fourth-order valence-electron chi connectivity index (χ4n) is 3.42. The first-order valence-electron chi connectivity index (χ1n) is 10.3. The Kier molecular flexibility index (Phi) is 7.22. The van der Waals surface area contributed by atoms with Gasteiger partial charge < -0.3 is 15.4 Å². The molecule has 14 nitrogen and oxygen atoms in total. The normalized spacial score (nSPS) is 12.9. The number of nitro groups is 1. The van der Waals surface area contributed by atoms with Crippen molar-refractivity contribution in [2.75, 3.05) is 5.73 Å². The molecule has 4 aromatic carbocycles. The van der Waals surface area contributed by atoms with Gasteiger partial charge in [0.2, 0.25) is 0 Å². The van der Waals surface area contributed by atoms with Crippen molar-refractivity contribution >= 4 is 66.1 Å². The fraction of sp³-hybridized carbons (Fsp3) is 0. The SMILES string of the molecule is Nc1c(N=Nc2cccc([N+](=O)[O-])c2)c(S(=O)O)cc2cc(S(=O)(=O)O)c(N=Nc3ccccc3)c(O)c12. The molecule has 0 saturated heterocycles. The lowest BCUT2D eigenvalue weighted by molar-refractivity contribution is -0.384. The molecule has 5 N–H and O–H groups in total. The van der Waals surface area contributed by atoms with Crippen LogP contribution in [-0.4, -0.2) is 31.8 Å². The molecule has 0 aliphatic carbocycles. The van der Waals surface area contributed by atoms with E-state index in [9.17, 15) is 37.0 Å². The van der Waals surface area contributed by atoms with Crippen LogP contribution in [-0.2, 0) is 21.2 Å². The zero-order valence-corrected chi connectivity index (χ0v) is 20.5. The van der Waals surface area contributed by atoms with Crippen molar-refractivity contribution < 1.29 is 31.8 Å². The molecule has 0 aliphatic heterocycles. The van der Waals surface area contributed by atoms with E-state index < -0.39 is 47.3 Å². The van der Waals surface area contributed by atoms with Gasteiger partial charge in [-0.3, -0.25) is 14.7 Å². The Morgan fingerprint density at radius 2 is 1.53 bits per heavy atom. The van der Waals surface area contributed by atoms with Gasteiger partial charge in [0.25, 0.3) is 15.8 Å². The number of fused-ring (bicyclic) bond motifs is 1. The first kappa shape index (κ1) is 26.4. The van der Waals surface area contributed by atoms with E-state index in [4.69, 9.17) is 5.73 Å². The molecule has 0 radical (unpaired) electrons. The first-order chi connectivity index (χ1) is 18.0. The Bertz CT molecular complexity index is 1780. The largest absolute Gasteiger partial charge is 0.505 e. The van der Waals surface area contributed by atoms with Gasteiger partial charge in [-0.2, -0.15) is 18.6 Å². The van der Waals surface area contributed by atoms with Crippen molar-refractivity contribution in [1.82, 2.24) is 0 Å². The molecule has 0 aromatic heterocycles. The summed E-state index contributed by atoms with van der Waals surface area (Å²) in [4.78, 5) is 9.13. The van der Waals surface area contributed by atoms with Gasteiger partial charge in [0, 0.05) is 12.1 Å². The summed E-state index contributed by atoms with van der Waals surface area (Å²) < 4.78 is 55.8. The number of phenolic OH excluding ortho intramolecular Hbond substituents is 1. The van der Waals surface area contributed by atoms with E-state index >= 15 is 0 Å². The van der Waals surface area contributed by atoms with Gasteiger partial charge in [0.15, 0.2) is 16.8 Å². The molecule has 16 heteroatoms. The summed E-state index contributed by atoms with van der Waals surface area (Å²) in [5.74, 6) is -0.811. The third-order valence-corrected chi connectivity index (χ3v) is 6.66. The number of nitrogens with zero attached hydrogens (tertiary/aromatic N) is 5. The Morgan fingerprint density at radius 1 is 0.895 bits per heavy atom. The summed E-state index contributed by atoms with van der Waals surface area (Å²) in [5, 5.41) is 37.0. The van der Waals surface area contributed by atoms with Gasteiger partial charge in [-0.1, -0.05) is 24.3 Å². The average Bonchev–Trinajstić information content (AvgIpc) is 2.87. The fourth-order valence-corrected chi connectivity index (χ4v) is 4.62. The van der Waals surface area contributed by atoms with Crippen molar-refractivity contribution in [2.45, 2.75) is 9.79 Å². The van der Waals surface area contributed by atoms with Gasteiger partial charge in [-0.25, -0.2) is 4.21 Å². The van der Waals surface area contributed by atoms with Crippen molar-refractivity contribution in [1.29, 1.82) is 0 Å². The Balaban J connectivity index is 1.97. The average molecular weight is 557 g/mol. The monoisotopic (exact) mass is 556 g/mol. The number of azo groups is 2. The number of rotatable bonds is 7. The molecular formula is C22H16N6O8S2. The highest BCUT2D eigenvalue weighted by Crippen LogP contribution is 2.48. The van der Waals surface area contributed by atoms with E-state index in [1.807, 2.05) is 0 Å². The molecule has 0 heterocycles. The first-order valence-corrected chi connectivity index (χ1v) is 12.9. The standard InChI is InChI=1S/C22H16N6O8S2/c23-19-18-12(9-16(37(32)33)20(19)26-25-14-7-4-8-15(11-14)28(30)31)10-17(38(34,35)36)21(22(18)29)27-24-13-5-2-1-3-6-13/h1-11,29H,23H2,(H,32,33)(H,34,35,36). The van der Waals surface area contributed by atoms with Crippen LogP contribution in [0.2, 0.25) is 0 Å². The number of nitrogens with two attached hydrogens (primary N) is 1. The minimum absolute atomic E-state index is 0.0247. The predicted octanol–water partition coefficient (Wildman–Crippen LogP) is 5.69. The van der Waals surface area contributed by atoms with Crippen LogP contribution in [0.1, 0.15) is 0 Å². The Labute approximate surface area is 216 Å². The number of non-ortho nitro benzene ring substituents is 1. The van der Waals surface area contributed by atoms with Crippen LogP contribution in [0.15, 0.2) is 97.0 Å². The van der Waals surface area contributed by atoms with Gasteiger partial charge in [-0.15, -0.1) is 10.2 Å². The highest BCUT2D eigenvalue weighted by atomic mass is 32.2. The zero-order chi connectivity index (χ0) is 27.6. The number of nitro benzene ring substituents is 1. The number of hydrogen-bond donors (Lipinski definition) is 4. The van der Waals surface area contributed by atoms with Gasteiger partial charge in [0.1, 0.15) is 16.3 Å². The molecule has 4 aromatic rings. The van der Waals surface area contributed by atoms with Gasteiger partial charge >= 0.3 is 0 Å². The second kappa shape index (κ2) is 10.4. The topological polar surface area (TPSA) is 230 Å². The van der Waals surface area contributed by atoms with Crippen molar-refractivity contribution in [3.8, 4) is 5.75 Å². The molecule has 1 atom stereocenters. The van der Waals surface area contributed by atoms with Crippen molar-refractivity contribution in [3.63, 3.8) is 0 Å². The Hall–Kier alpha value is -4.64. The molecule has 38 heavy (non-hydrogen) atoms. The maximum absolute atomic E-state index is 12.1. The van der Waals surface area contributed by atoms with Crippen molar-refractivity contribution in [3.05, 3.63) is 76.8 Å². The molecule has 0 spiro atoms. The number of hydrogen-bond acceptors (Lipinski definition) is 11. The van der Waals surface area contributed by atoms with E-state index in [2.05, 4.69) is 20.5 Å². The molecule has 194 valence electrons. The smallest absolute Gasteiger partial charge is 0.296 e. The highest BCUT2D eigenvalue weighted by Gasteiger charge is 2.26. The van der Waals surface area contributed by atoms with E-state index in [0.717, 1.165) is 18.2 Å². The molecule has 4 rings (SSSR count). The number of benzene rings is 4. The summed E-state index contributed by atoms with van der Waals surface area (Å²) in [7, 11) is -4.96. The number of aromatic hydroxyl groups is 1. The predicted molar refractivity (Wildman–Crippen MR) is 137 cm³/mol. The highest BCUT2D eigenvalue weighted by molar-refractivity contribution is 7.86. The number of nitrogen functional groups attached to an aromatic ring is 1. The molecule has 0 aliphatic rings. The van der Waals surface area contributed by atoms with Crippen LogP contribution in [0.3, 0.4) is 0 Å². The minimum Gasteiger partial charge on any atom is -0.505 e. The molecule has 0 saturated carbocycles. The zero-order valence-electron chi connectivity index (χ0n) is 18.9. The van der Waals surface area contributed by atoms with Crippen LogP contribution < -0.4 is 5.73 Å². The van der Waals surface area contributed by atoms with E-state index in [-0.39, 0.29) is 33.5 Å². The lowest BCUT2D eigenvalue weighted by atomic mass is 10.1. The molecule has 0 fully saturated rings. The van der Waals surface area contributed by atoms with Gasteiger partial charge in [0.05, 0.1) is 32.3 Å². The second-order valence-electron chi connectivity index (χ2n) is 7.54. The Morgan fingerprint density at radius 3 is 2.16 bits per heavy atom. The lowest BCUT2D eigenvalue weighted by Gasteiger charge is -2.13. The van der Waals surface area contributed by atoms with Crippen LogP contribution in [0.5, 0.6) is 5.75 Å². The third-order valence-electron chi connectivity index (χ3n) is 5.11. The van der Waals surface area contributed by atoms with Crippen LogP contribution in [0.25, 0.3) is 10.8 Å². The van der Waals surface area contributed by atoms with Gasteiger partial charge in [-0.05, 0) is 35.7 Å². The minimum atomic E-state index is -4.96. The summed E-state index contributed by atoms with van der Waals surface area (Å²) in [5.41, 5.74) is 4.84. The molecule has 0 bridgehead atoms. The third kappa shape index (κ3) is 5.37. The van der Waals surface area contributed by atoms with E-state index in [1.54, 1.807) is 30.3 Å². The van der Waals surface area contributed by atoms with Crippen LogP contribution in [0.4, 0.5) is 34.1 Å². The van der Waals surface area contributed by atoms with E-state index in [1.165, 1.54) is 18.2 Å². The molecular weight excluding hydrogens is 540 g/mol. The summed E-state index contributed by atoms with van der Waals surface area (Å²) in [6.07, 6.45) is 0. The number of phenols is 1. The summed E-state index contributed by atoms with van der Waals surface area (Å²) >= 11 is -2.72. The van der Waals surface area contributed by atoms with Crippen molar-refractivity contribution in [2.24, 2.45) is 20.5 Å². The van der Waals surface area contributed by atoms with Crippen LogP contribution >= 0.6 is 0 Å². The lowest BCUT2D eigenvalue weighted by Crippen LogP contribution is -2.01. The second-order valence-corrected chi connectivity index (χ2v) is 9.87. The molecule has 1 unspecified atom stereocenters. The quantitative estimate of drug-likeness (QED) is 0.0545. The number of anilines is 1. The summed E-state index contributed by atoms with van der Waals surface area (Å²) in [6, 6.07) is 15.1.